The van der Waals surface area contributed by atoms with Crippen LogP contribution in [0.1, 0.15) is 19.8 Å². The third kappa shape index (κ3) is 4.17. The lowest BCUT2D eigenvalue weighted by Crippen LogP contribution is -2.37. The number of nitrogens with one attached hydrogen (secondary N) is 1. The van der Waals surface area contributed by atoms with Gasteiger partial charge in [0.25, 0.3) is 0 Å². The van der Waals surface area contributed by atoms with Crippen molar-refractivity contribution in [2.24, 2.45) is 5.92 Å². The molecule has 0 aromatic heterocycles. The molecule has 118 valence electrons. The maximum Gasteiger partial charge on any atom is 0.175 e. The smallest absolute Gasteiger partial charge is 0.175 e. The highest BCUT2D eigenvalue weighted by atomic mass is 32.2. The van der Waals surface area contributed by atoms with Gasteiger partial charge in [0.1, 0.15) is 5.82 Å². The van der Waals surface area contributed by atoms with Gasteiger partial charge in [0.15, 0.2) is 9.84 Å². The van der Waals surface area contributed by atoms with E-state index in [1.165, 1.54) is 6.07 Å². The summed E-state index contributed by atoms with van der Waals surface area (Å²) in [7, 11) is -3.36. The zero-order valence-electron chi connectivity index (χ0n) is 12.6. The van der Waals surface area contributed by atoms with E-state index in [4.69, 9.17) is 0 Å². The van der Waals surface area contributed by atoms with Gasteiger partial charge in [0, 0.05) is 19.3 Å². The molecule has 1 heterocycles. The fourth-order valence-corrected chi connectivity index (χ4v) is 3.33. The maximum absolute atomic E-state index is 14.1. The van der Waals surface area contributed by atoms with E-state index in [2.05, 4.69) is 12.2 Å². The monoisotopic (exact) mass is 314 g/mol. The SMILES string of the molecule is CCNCC1CCN(c2ccc(S(C)(=O)=O)cc2F)CC1. The van der Waals surface area contributed by atoms with Crippen LogP contribution in [-0.4, -0.2) is 40.9 Å². The molecule has 0 spiro atoms. The summed E-state index contributed by atoms with van der Waals surface area (Å²) >= 11 is 0. The minimum Gasteiger partial charge on any atom is -0.369 e. The molecular formula is C15H23FN2O2S. The molecule has 0 aliphatic carbocycles. The number of benzene rings is 1. The Kier molecular flexibility index (Phi) is 5.22. The number of hydrogen-bond acceptors (Lipinski definition) is 4. The molecule has 4 nitrogen and oxygen atoms in total. The third-order valence-corrected chi connectivity index (χ3v) is 5.10. The van der Waals surface area contributed by atoms with E-state index < -0.39 is 15.7 Å². The molecular weight excluding hydrogens is 291 g/mol. The second kappa shape index (κ2) is 6.75. The topological polar surface area (TPSA) is 49.4 Å². The van der Waals surface area contributed by atoms with E-state index in [0.29, 0.717) is 11.6 Å². The molecule has 1 aliphatic heterocycles. The minimum atomic E-state index is -3.36. The summed E-state index contributed by atoms with van der Waals surface area (Å²) in [5, 5.41) is 3.35. The van der Waals surface area contributed by atoms with Gasteiger partial charge in [-0.3, -0.25) is 0 Å². The van der Waals surface area contributed by atoms with Gasteiger partial charge < -0.3 is 10.2 Å². The molecule has 0 radical (unpaired) electrons. The van der Waals surface area contributed by atoms with E-state index in [9.17, 15) is 12.8 Å². The Bertz CT molecular complexity index is 581. The van der Waals surface area contributed by atoms with E-state index in [1.807, 2.05) is 4.90 Å². The van der Waals surface area contributed by atoms with Gasteiger partial charge in [-0.1, -0.05) is 6.92 Å². The lowest BCUT2D eigenvalue weighted by Gasteiger charge is -2.34. The number of piperidine rings is 1. The molecule has 21 heavy (non-hydrogen) atoms. The van der Waals surface area contributed by atoms with Gasteiger partial charge in [-0.2, -0.15) is 0 Å². The van der Waals surface area contributed by atoms with Crippen molar-refractivity contribution >= 4 is 15.5 Å². The van der Waals surface area contributed by atoms with Crippen LogP contribution in [0.3, 0.4) is 0 Å². The standard InChI is InChI=1S/C15H23FN2O2S/c1-3-17-11-12-6-8-18(9-7-12)15-5-4-13(10-14(15)16)21(2,19)20/h4-5,10,12,17H,3,6-9,11H2,1-2H3. The highest BCUT2D eigenvalue weighted by molar-refractivity contribution is 7.90. The summed E-state index contributed by atoms with van der Waals surface area (Å²) in [5.41, 5.74) is 0.504. The Hall–Kier alpha value is -1.14. The summed E-state index contributed by atoms with van der Waals surface area (Å²) in [6, 6.07) is 4.18. The van der Waals surface area contributed by atoms with Crippen LogP contribution < -0.4 is 10.2 Å². The Labute approximate surface area is 126 Å². The molecule has 0 bridgehead atoms. The number of halogens is 1. The third-order valence-electron chi connectivity index (χ3n) is 3.99. The Morgan fingerprint density at radius 3 is 2.52 bits per heavy atom. The van der Waals surface area contributed by atoms with Gasteiger partial charge in [0.05, 0.1) is 10.6 Å². The van der Waals surface area contributed by atoms with Crippen molar-refractivity contribution in [1.82, 2.24) is 5.32 Å². The minimum absolute atomic E-state index is 0.0331. The molecule has 0 atom stereocenters. The predicted molar refractivity (Wildman–Crippen MR) is 83.0 cm³/mol. The van der Waals surface area contributed by atoms with E-state index in [-0.39, 0.29) is 4.90 Å². The van der Waals surface area contributed by atoms with Gasteiger partial charge in [-0.15, -0.1) is 0 Å². The largest absolute Gasteiger partial charge is 0.369 e. The number of rotatable bonds is 5. The molecule has 1 aromatic carbocycles. The molecule has 1 N–H and O–H groups in total. The Morgan fingerprint density at radius 1 is 1.33 bits per heavy atom. The molecule has 1 aromatic rings. The van der Waals surface area contributed by atoms with Crippen LogP contribution in [-0.2, 0) is 9.84 Å². The fraction of sp³-hybridized carbons (Fsp3) is 0.600. The molecule has 1 aliphatic rings. The average Bonchev–Trinajstić information content (AvgIpc) is 2.45. The number of sulfone groups is 1. The van der Waals surface area contributed by atoms with Gasteiger partial charge in [-0.05, 0) is 50.0 Å². The van der Waals surface area contributed by atoms with Crippen LogP contribution in [0.2, 0.25) is 0 Å². The van der Waals surface area contributed by atoms with Crippen molar-refractivity contribution in [2.75, 3.05) is 37.3 Å². The molecule has 0 unspecified atom stereocenters. The van der Waals surface area contributed by atoms with Crippen LogP contribution in [0, 0.1) is 11.7 Å². The Balaban J connectivity index is 2.04. The number of anilines is 1. The van der Waals surface area contributed by atoms with Gasteiger partial charge >= 0.3 is 0 Å². The lowest BCUT2D eigenvalue weighted by molar-refractivity contribution is 0.384. The van der Waals surface area contributed by atoms with E-state index in [1.54, 1.807) is 6.07 Å². The molecule has 1 fully saturated rings. The highest BCUT2D eigenvalue weighted by Gasteiger charge is 2.21. The summed E-state index contributed by atoms with van der Waals surface area (Å²) in [6.45, 7) is 5.70. The second-order valence-corrected chi connectivity index (χ2v) is 7.64. The zero-order chi connectivity index (χ0) is 15.5. The first-order chi connectivity index (χ1) is 9.91. The van der Waals surface area contributed by atoms with Crippen LogP contribution in [0.5, 0.6) is 0 Å². The molecule has 0 saturated carbocycles. The normalized spacial score (nSPS) is 17.2. The number of hydrogen-bond donors (Lipinski definition) is 1. The van der Waals surface area contributed by atoms with Gasteiger partial charge in [0.2, 0.25) is 0 Å². The van der Waals surface area contributed by atoms with Gasteiger partial charge in [-0.25, -0.2) is 12.8 Å². The lowest BCUT2D eigenvalue weighted by atomic mass is 9.96. The Morgan fingerprint density at radius 2 is 2.00 bits per heavy atom. The fourth-order valence-electron chi connectivity index (χ4n) is 2.70. The van der Waals surface area contributed by atoms with Crippen molar-refractivity contribution in [1.29, 1.82) is 0 Å². The quantitative estimate of drug-likeness (QED) is 0.904. The zero-order valence-corrected chi connectivity index (χ0v) is 13.4. The average molecular weight is 314 g/mol. The maximum atomic E-state index is 14.1. The van der Waals surface area contributed by atoms with Crippen molar-refractivity contribution in [3.8, 4) is 0 Å². The molecule has 6 heteroatoms. The summed E-state index contributed by atoms with van der Waals surface area (Å²) in [4.78, 5) is 2.04. The molecule has 2 rings (SSSR count). The predicted octanol–water partition coefficient (Wildman–Crippen LogP) is 2.06. The first-order valence-corrected chi connectivity index (χ1v) is 9.26. The summed E-state index contributed by atoms with van der Waals surface area (Å²) in [5.74, 6) is 0.183. The van der Waals surface area contributed by atoms with E-state index in [0.717, 1.165) is 51.3 Å². The highest BCUT2D eigenvalue weighted by Crippen LogP contribution is 2.27. The molecule has 0 amide bonds. The van der Waals surface area contributed by atoms with Crippen LogP contribution >= 0.6 is 0 Å². The van der Waals surface area contributed by atoms with Crippen molar-refractivity contribution < 1.29 is 12.8 Å². The van der Waals surface area contributed by atoms with Crippen LogP contribution in [0.15, 0.2) is 23.1 Å². The first kappa shape index (κ1) is 16.2. The first-order valence-electron chi connectivity index (χ1n) is 7.37. The van der Waals surface area contributed by atoms with Crippen molar-refractivity contribution in [3.63, 3.8) is 0 Å². The summed E-state index contributed by atoms with van der Waals surface area (Å²) in [6.07, 6.45) is 3.15. The second-order valence-electron chi connectivity index (χ2n) is 5.62. The molecule has 1 saturated heterocycles. The van der Waals surface area contributed by atoms with E-state index >= 15 is 0 Å². The summed E-state index contributed by atoms with van der Waals surface area (Å²) < 4.78 is 37.0. The van der Waals surface area contributed by atoms with Crippen molar-refractivity contribution in [3.05, 3.63) is 24.0 Å². The van der Waals surface area contributed by atoms with Crippen LogP contribution in [0.4, 0.5) is 10.1 Å². The van der Waals surface area contributed by atoms with Crippen LogP contribution in [0.25, 0.3) is 0 Å². The van der Waals surface area contributed by atoms with Crippen molar-refractivity contribution in [2.45, 2.75) is 24.7 Å². The number of nitrogens with zero attached hydrogens (tertiary/aromatic N) is 1.